The molecule has 0 saturated heterocycles. The molecule has 0 atom stereocenters. The fourth-order valence-electron chi connectivity index (χ4n) is 1.79. The Balaban J connectivity index is 2.07. The largest absolute Gasteiger partial charge is 0.487 e. The van der Waals surface area contributed by atoms with E-state index in [9.17, 15) is 0 Å². The average molecular weight is 309 g/mol. The van der Waals surface area contributed by atoms with E-state index in [0.29, 0.717) is 6.61 Å². The summed E-state index contributed by atoms with van der Waals surface area (Å²) in [6.07, 6.45) is 0.955. The Bertz CT molecular complexity index is 522. The second-order valence-corrected chi connectivity index (χ2v) is 4.96. The maximum absolute atomic E-state index is 5.78. The molecule has 0 saturated carbocycles. The summed E-state index contributed by atoms with van der Waals surface area (Å²) < 4.78 is 8.81. The first kappa shape index (κ1) is 13.1. The van der Waals surface area contributed by atoms with Crippen molar-refractivity contribution >= 4 is 15.9 Å². The summed E-state index contributed by atoms with van der Waals surface area (Å²) in [4.78, 5) is 0. The molecule has 0 unspecified atom stereocenters. The lowest BCUT2D eigenvalue weighted by Crippen LogP contribution is -2.06. The van der Waals surface area contributed by atoms with Gasteiger partial charge >= 0.3 is 0 Å². The first-order valence-corrected chi connectivity index (χ1v) is 6.96. The van der Waals surface area contributed by atoms with Crippen LogP contribution in [0.15, 0.2) is 34.8 Å². The number of ether oxygens (including phenoxy) is 1. The van der Waals surface area contributed by atoms with E-state index in [0.717, 1.165) is 34.6 Å². The van der Waals surface area contributed by atoms with Gasteiger partial charge in [0.25, 0.3) is 0 Å². The summed E-state index contributed by atoms with van der Waals surface area (Å²) in [6.45, 7) is 5.63. The van der Waals surface area contributed by atoms with Crippen molar-refractivity contribution in [3.8, 4) is 5.75 Å². The van der Waals surface area contributed by atoms with Crippen LogP contribution in [0, 0.1) is 0 Å². The van der Waals surface area contributed by atoms with Gasteiger partial charge in [0.15, 0.2) is 0 Å². The van der Waals surface area contributed by atoms with Gasteiger partial charge in [-0.05, 0) is 37.6 Å². The van der Waals surface area contributed by atoms with E-state index in [4.69, 9.17) is 4.74 Å². The Kier molecular flexibility index (Phi) is 4.42. The molecule has 18 heavy (non-hydrogen) atoms. The minimum Gasteiger partial charge on any atom is -0.487 e. The van der Waals surface area contributed by atoms with Crippen molar-refractivity contribution in [1.29, 1.82) is 0 Å². The molecule has 0 aliphatic carbocycles. The predicted octanol–water partition coefficient (Wildman–Crippen LogP) is 3.81. The minimum atomic E-state index is 0.553. The lowest BCUT2D eigenvalue weighted by molar-refractivity contribution is 0.292. The molecule has 0 aliphatic heterocycles. The fourth-order valence-corrected chi connectivity index (χ4v) is 2.17. The SMILES string of the molecule is CCc1cc(COc2cccc(Br)c2)n(CC)n1. The molecule has 0 aliphatic rings. The summed E-state index contributed by atoms with van der Waals surface area (Å²) in [5.74, 6) is 0.867. The standard InChI is InChI=1S/C14H17BrN2O/c1-3-12-9-13(17(4-2)16-12)10-18-14-7-5-6-11(15)8-14/h5-9H,3-4,10H2,1-2H3. The first-order valence-electron chi connectivity index (χ1n) is 6.17. The van der Waals surface area contributed by atoms with Gasteiger partial charge in [-0.2, -0.15) is 5.10 Å². The van der Waals surface area contributed by atoms with Gasteiger partial charge in [-0.15, -0.1) is 0 Å². The number of hydrogen-bond acceptors (Lipinski definition) is 2. The number of benzene rings is 1. The van der Waals surface area contributed by atoms with Crippen LogP contribution < -0.4 is 4.74 Å². The second-order valence-electron chi connectivity index (χ2n) is 4.04. The number of aromatic nitrogens is 2. The molecule has 0 amide bonds. The third-order valence-electron chi connectivity index (χ3n) is 2.76. The van der Waals surface area contributed by atoms with Crippen molar-refractivity contribution in [1.82, 2.24) is 9.78 Å². The number of rotatable bonds is 5. The highest BCUT2D eigenvalue weighted by molar-refractivity contribution is 9.10. The molecule has 1 aromatic heterocycles. The van der Waals surface area contributed by atoms with E-state index >= 15 is 0 Å². The molecule has 96 valence electrons. The molecule has 0 N–H and O–H groups in total. The molecule has 0 bridgehead atoms. The maximum Gasteiger partial charge on any atom is 0.130 e. The van der Waals surface area contributed by atoms with Gasteiger partial charge in [-0.3, -0.25) is 4.68 Å². The molecule has 1 heterocycles. The summed E-state index contributed by atoms with van der Waals surface area (Å²) in [7, 11) is 0. The number of hydrogen-bond donors (Lipinski definition) is 0. The molecule has 4 heteroatoms. The van der Waals surface area contributed by atoms with Gasteiger partial charge in [0.1, 0.15) is 12.4 Å². The molecule has 0 fully saturated rings. The third kappa shape index (κ3) is 3.13. The minimum absolute atomic E-state index is 0.553. The highest BCUT2D eigenvalue weighted by atomic mass is 79.9. The van der Waals surface area contributed by atoms with E-state index in [2.05, 4.69) is 40.9 Å². The zero-order valence-electron chi connectivity index (χ0n) is 10.7. The summed E-state index contributed by atoms with van der Waals surface area (Å²) in [5.41, 5.74) is 2.24. The van der Waals surface area contributed by atoms with Crippen molar-refractivity contribution in [2.45, 2.75) is 33.4 Å². The van der Waals surface area contributed by atoms with Gasteiger partial charge in [-0.25, -0.2) is 0 Å². The molecular weight excluding hydrogens is 292 g/mol. The van der Waals surface area contributed by atoms with Crippen LogP contribution in [-0.2, 0) is 19.6 Å². The van der Waals surface area contributed by atoms with Crippen LogP contribution in [0.3, 0.4) is 0 Å². The van der Waals surface area contributed by atoms with Crippen molar-refractivity contribution in [3.05, 3.63) is 46.2 Å². The van der Waals surface area contributed by atoms with Crippen LogP contribution in [0.5, 0.6) is 5.75 Å². The van der Waals surface area contributed by atoms with Crippen LogP contribution in [-0.4, -0.2) is 9.78 Å². The van der Waals surface area contributed by atoms with Crippen LogP contribution in [0.4, 0.5) is 0 Å². The van der Waals surface area contributed by atoms with Crippen molar-refractivity contribution < 1.29 is 4.74 Å². The number of aryl methyl sites for hydroxylation is 2. The Morgan fingerprint density at radius 1 is 1.28 bits per heavy atom. The topological polar surface area (TPSA) is 27.1 Å². The Morgan fingerprint density at radius 3 is 2.78 bits per heavy atom. The number of nitrogens with zero attached hydrogens (tertiary/aromatic N) is 2. The third-order valence-corrected chi connectivity index (χ3v) is 3.25. The van der Waals surface area contributed by atoms with E-state index in [1.54, 1.807) is 0 Å². The second kappa shape index (κ2) is 6.05. The summed E-state index contributed by atoms with van der Waals surface area (Å²) in [5, 5.41) is 4.50. The lowest BCUT2D eigenvalue weighted by Gasteiger charge is -2.07. The van der Waals surface area contributed by atoms with Crippen molar-refractivity contribution in [2.75, 3.05) is 0 Å². The van der Waals surface area contributed by atoms with E-state index < -0.39 is 0 Å². The van der Waals surface area contributed by atoms with Crippen LogP contribution >= 0.6 is 15.9 Å². The van der Waals surface area contributed by atoms with Gasteiger partial charge in [0, 0.05) is 11.0 Å². The molecular formula is C14H17BrN2O. The molecule has 0 radical (unpaired) electrons. The van der Waals surface area contributed by atoms with Crippen molar-refractivity contribution in [2.24, 2.45) is 0 Å². The molecule has 2 rings (SSSR count). The Morgan fingerprint density at radius 2 is 2.11 bits per heavy atom. The average Bonchev–Trinajstić information content (AvgIpc) is 2.79. The predicted molar refractivity (Wildman–Crippen MR) is 75.8 cm³/mol. The van der Waals surface area contributed by atoms with Crippen molar-refractivity contribution in [3.63, 3.8) is 0 Å². The zero-order valence-corrected chi connectivity index (χ0v) is 12.3. The van der Waals surface area contributed by atoms with Gasteiger partial charge in [0.2, 0.25) is 0 Å². The fraction of sp³-hybridized carbons (Fsp3) is 0.357. The Hall–Kier alpha value is -1.29. The van der Waals surface area contributed by atoms with E-state index in [1.807, 2.05) is 28.9 Å². The van der Waals surface area contributed by atoms with E-state index in [-0.39, 0.29) is 0 Å². The van der Waals surface area contributed by atoms with Crippen LogP contribution in [0.25, 0.3) is 0 Å². The maximum atomic E-state index is 5.78. The van der Waals surface area contributed by atoms with Crippen LogP contribution in [0.1, 0.15) is 25.2 Å². The quantitative estimate of drug-likeness (QED) is 0.840. The monoisotopic (exact) mass is 308 g/mol. The van der Waals surface area contributed by atoms with E-state index in [1.165, 1.54) is 0 Å². The van der Waals surface area contributed by atoms with Crippen LogP contribution in [0.2, 0.25) is 0 Å². The normalized spacial score (nSPS) is 10.6. The highest BCUT2D eigenvalue weighted by Crippen LogP contribution is 2.19. The summed E-state index contributed by atoms with van der Waals surface area (Å²) in [6, 6.07) is 9.99. The molecule has 1 aromatic carbocycles. The summed E-state index contributed by atoms with van der Waals surface area (Å²) >= 11 is 3.43. The lowest BCUT2D eigenvalue weighted by atomic mass is 10.3. The van der Waals surface area contributed by atoms with Gasteiger partial charge in [0.05, 0.1) is 11.4 Å². The Labute approximate surface area is 116 Å². The number of halogens is 1. The zero-order chi connectivity index (χ0) is 13.0. The highest BCUT2D eigenvalue weighted by Gasteiger charge is 2.06. The van der Waals surface area contributed by atoms with Gasteiger partial charge in [-0.1, -0.05) is 28.9 Å². The smallest absolute Gasteiger partial charge is 0.130 e. The molecule has 3 nitrogen and oxygen atoms in total. The molecule has 0 spiro atoms. The first-order chi connectivity index (χ1) is 8.72. The molecule has 2 aromatic rings. The van der Waals surface area contributed by atoms with Gasteiger partial charge < -0.3 is 4.74 Å².